The zero-order chi connectivity index (χ0) is 23.6. The highest BCUT2D eigenvalue weighted by Gasteiger charge is 2.15. The van der Waals surface area contributed by atoms with E-state index in [-0.39, 0.29) is 5.57 Å². The predicted octanol–water partition coefficient (Wildman–Crippen LogP) is 5.86. The number of rotatable bonds is 9. The Balaban J connectivity index is 1.90. The molecule has 3 rings (SSSR count). The van der Waals surface area contributed by atoms with Gasteiger partial charge in [0.05, 0.1) is 7.11 Å². The van der Waals surface area contributed by atoms with Gasteiger partial charge in [-0.15, -0.1) is 6.58 Å². The minimum atomic E-state index is -0.475. The Labute approximate surface area is 194 Å². The van der Waals surface area contributed by atoms with Gasteiger partial charge in [0.15, 0.2) is 11.5 Å². The average molecular weight is 439 g/mol. The van der Waals surface area contributed by atoms with E-state index >= 15 is 0 Å². The quantitative estimate of drug-likeness (QED) is 0.258. The number of anilines is 1. The molecule has 0 saturated carbocycles. The van der Waals surface area contributed by atoms with Gasteiger partial charge in [-0.3, -0.25) is 4.79 Å². The lowest BCUT2D eigenvalue weighted by Gasteiger charge is -2.16. The van der Waals surface area contributed by atoms with Crippen LogP contribution in [0.1, 0.15) is 22.3 Å². The lowest BCUT2D eigenvalue weighted by atomic mass is 10.0. The molecule has 0 radical (unpaired) electrons. The number of carbonyl (C=O) groups is 1. The summed E-state index contributed by atoms with van der Waals surface area (Å²) in [7, 11) is 1.56. The second-order valence-corrected chi connectivity index (χ2v) is 7.47. The maximum absolute atomic E-state index is 12.7. The summed E-state index contributed by atoms with van der Waals surface area (Å²) in [6.45, 7) is 6.16. The Morgan fingerprint density at radius 1 is 1.12 bits per heavy atom. The number of carbonyl (C=O) groups excluding carboxylic acids is 1. The Kier molecular flexibility index (Phi) is 8.04. The molecule has 0 fully saturated rings. The van der Waals surface area contributed by atoms with Crippen molar-refractivity contribution >= 4 is 17.7 Å². The molecule has 5 heteroatoms. The van der Waals surface area contributed by atoms with Crippen LogP contribution >= 0.6 is 0 Å². The predicted molar refractivity (Wildman–Crippen MR) is 131 cm³/mol. The molecule has 3 aromatic carbocycles. The maximum Gasteiger partial charge on any atom is 0.266 e. The number of aryl methyl sites for hydroxylation is 1. The van der Waals surface area contributed by atoms with E-state index in [0.29, 0.717) is 35.8 Å². The highest BCUT2D eigenvalue weighted by atomic mass is 16.5. The molecule has 33 heavy (non-hydrogen) atoms. The van der Waals surface area contributed by atoms with Gasteiger partial charge in [-0.05, 0) is 60.4 Å². The number of nitrogens with zero attached hydrogens (tertiary/aromatic N) is 1. The standard InChI is InChI=1S/C28H26N2O3/c1-4-9-23-15-22(16-24(18-29)28(31)30-25-13-8-10-20(2)14-25)17-26(32-3)27(23)33-19-21-11-6-5-7-12-21/h4-8,10-17H,1,9,19H2,2-3H3,(H,30,31)/b24-16-. The van der Waals surface area contributed by atoms with E-state index in [0.717, 1.165) is 16.7 Å². The molecule has 166 valence electrons. The first-order valence-electron chi connectivity index (χ1n) is 10.5. The second kappa shape index (κ2) is 11.4. The lowest BCUT2D eigenvalue weighted by Crippen LogP contribution is -2.13. The van der Waals surface area contributed by atoms with Gasteiger partial charge in [-0.2, -0.15) is 5.26 Å². The van der Waals surface area contributed by atoms with Crippen molar-refractivity contribution in [2.75, 3.05) is 12.4 Å². The van der Waals surface area contributed by atoms with Crippen LogP contribution in [0.15, 0.2) is 85.0 Å². The van der Waals surface area contributed by atoms with Gasteiger partial charge in [-0.1, -0.05) is 48.5 Å². The summed E-state index contributed by atoms with van der Waals surface area (Å²) in [5.41, 5.74) is 4.18. The van der Waals surface area contributed by atoms with Crippen molar-refractivity contribution in [3.05, 3.63) is 107 Å². The largest absolute Gasteiger partial charge is 0.493 e. The Morgan fingerprint density at radius 2 is 1.91 bits per heavy atom. The number of amides is 1. The normalized spacial score (nSPS) is 10.8. The third kappa shape index (κ3) is 6.34. The van der Waals surface area contributed by atoms with Crippen molar-refractivity contribution in [3.63, 3.8) is 0 Å². The molecule has 1 amide bonds. The van der Waals surface area contributed by atoms with Crippen LogP contribution in [0.2, 0.25) is 0 Å². The molecule has 3 aromatic rings. The summed E-state index contributed by atoms with van der Waals surface area (Å²) in [6.07, 6.45) is 3.86. The van der Waals surface area contributed by atoms with Crippen LogP contribution in [-0.2, 0) is 17.8 Å². The molecule has 0 unspecified atom stereocenters. The fourth-order valence-corrected chi connectivity index (χ4v) is 3.36. The van der Waals surface area contributed by atoms with Crippen molar-refractivity contribution < 1.29 is 14.3 Å². The molecule has 0 atom stereocenters. The zero-order valence-corrected chi connectivity index (χ0v) is 18.8. The molecule has 0 heterocycles. The molecule has 1 N–H and O–H groups in total. The molecule has 5 nitrogen and oxygen atoms in total. The van der Waals surface area contributed by atoms with E-state index in [2.05, 4.69) is 11.9 Å². The van der Waals surface area contributed by atoms with Gasteiger partial charge in [0.1, 0.15) is 18.2 Å². The monoisotopic (exact) mass is 438 g/mol. The lowest BCUT2D eigenvalue weighted by molar-refractivity contribution is -0.112. The van der Waals surface area contributed by atoms with E-state index < -0.39 is 5.91 Å². The van der Waals surface area contributed by atoms with Gasteiger partial charge in [0.2, 0.25) is 0 Å². The minimum absolute atomic E-state index is 0.0129. The summed E-state index contributed by atoms with van der Waals surface area (Å²) >= 11 is 0. The van der Waals surface area contributed by atoms with E-state index in [1.54, 1.807) is 31.4 Å². The van der Waals surface area contributed by atoms with Gasteiger partial charge < -0.3 is 14.8 Å². The molecule has 0 aliphatic heterocycles. The summed E-state index contributed by atoms with van der Waals surface area (Å²) < 4.78 is 11.7. The molecule has 0 saturated heterocycles. The molecule has 0 aromatic heterocycles. The van der Waals surface area contributed by atoms with Crippen molar-refractivity contribution in [3.8, 4) is 17.6 Å². The summed E-state index contributed by atoms with van der Waals surface area (Å²) in [5.74, 6) is 0.658. The molecule has 0 spiro atoms. The summed E-state index contributed by atoms with van der Waals surface area (Å²) in [6, 6.07) is 22.9. The first-order chi connectivity index (χ1) is 16.0. The van der Waals surface area contributed by atoms with Gasteiger partial charge in [0.25, 0.3) is 5.91 Å². The smallest absolute Gasteiger partial charge is 0.266 e. The van der Waals surface area contributed by atoms with Gasteiger partial charge >= 0.3 is 0 Å². The number of allylic oxidation sites excluding steroid dienone is 1. The van der Waals surface area contributed by atoms with E-state index in [9.17, 15) is 10.1 Å². The number of hydrogen-bond donors (Lipinski definition) is 1. The van der Waals surface area contributed by atoms with E-state index in [1.165, 1.54) is 0 Å². The third-order valence-corrected chi connectivity index (χ3v) is 4.92. The van der Waals surface area contributed by atoms with E-state index in [4.69, 9.17) is 9.47 Å². The topological polar surface area (TPSA) is 71.4 Å². The molecular formula is C28H26N2O3. The Morgan fingerprint density at radius 3 is 2.58 bits per heavy atom. The van der Waals surface area contributed by atoms with Crippen molar-refractivity contribution in [2.45, 2.75) is 20.0 Å². The molecule has 0 bridgehead atoms. The van der Waals surface area contributed by atoms with Crippen molar-refractivity contribution in [2.24, 2.45) is 0 Å². The number of ether oxygens (including phenoxy) is 2. The molecule has 0 aliphatic rings. The average Bonchev–Trinajstić information content (AvgIpc) is 2.82. The maximum atomic E-state index is 12.7. The van der Waals surface area contributed by atoms with Crippen LogP contribution in [0.4, 0.5) is 5.69 Å². The first-order valence-corrected chi connectivity index (χ1v) is 10.5. The highest BCUT2D eigenvalue weighted by molar-refractivity contribution is 6.09. The Bertz CT molecular complexity index is 1210. The van der Waals surface area contributed by atoms with Gasteiger partial charge in [-0.25, -0.2) is 0 Å². The minimum Gasteiger partial charge on any atom is -0.493 e. The van der Waals surface area contributed by atoms with Crippen LogP contribution in [0, 0.1) is 18.3 Å². The Hall–Kier alpha value is -4.30. The summed E-state index contributed by atoms with van der Waals surface area (Å²) in [5, 5.41) is 12.4. The van der Waals surface area contributed by atoms with Gasteiger partial charge in [0, 0.05) is 11.3 Å². The first kappa shape index (κ1) is 23.4. The van der Waals surface area contributed by atoms with Crippen LogP contribution in [0.3, 0.4) is 0 Å². The third-order valence-electron chi connectivity index (χ3n) is 4.92. The number of benzene rings is 3. The zero-order valence-electron chi connectivity index (χ0n) is 18.8. The van der Waals surface area contributed by atoms with Crippen molar-refractivity contribution in [1.29, 1.82) is 5.26 Å². The van der Waals surface area contributed by atoms with Crippen LogP contribution < -0.4 is 14.8 Å². The van der Waals surface area contributed by atoms with E-state index in [1.807, 2.05) is 67.6 Å². The number of hydrogen-bond acceptors (Lipinski definition) is 4. The van der Waals surface area contributed by atoms with Crippen LogP contribution in [-0.4, -0.2) is 13.0 Å². The summed E-state index contributed by atoms with van der Waals surface area (Å²) in [4.78, 5) is 12.7. The van der Waals surface area contributed by atoms with Crippen LogP contribution in [0.5, 0.6) is 11.5 Å². The fourth-order valence-electron chi connectivity index (χ4n) is 3.36. The van der Waals surface area contributed by atoms with Crippen LogP contribution in [0.25, 0.3) is 6.08 Å². The number of nitriles is 1. The molecular weight excluding hydrogens is 412 g/mol. The highest BCUT2D eigenvalue weighted by Crippen LogP contribution is 2.35. The van der Waals surface area contributed by atoms with Crippen molar-refractivity contribution in [1.82, 2.24) is 0 Å². The SMILES string of the molecule is C=CCc1cc(/C=C(/C#N)C(=O)Nc2cccc(C)c2)cc(OC)c1OCc1ccccc1. The number of methoxy groups -OCH3 is 1. The molecule has 0 aliphatic carbocycles. The second-order valence-electron chi connectivity index (χ2n) is 7.47. The fraction of sp³-hybridized carbons (Fsp3) is 0.143. The number of nitrogens with one attached hydrogen (secondary N) is 1.